The molecule has 0 saturated carbocycles. The molecule has 0 radical (unpaired) electrons. The molecular weight excluding hydrogens is 238 g/mol. The molecule has 3 heteroatoms. The van der Waals surface area contributed by atoms with Gasteiger partial charge >= 0.3 is 0 Å². The minimum absolute atomic E-state index is 0.0318. The minimum Gasteiger partial charge on any atom is -0.390 e. The van der Waals surface area contributed by atoms with Gasteiger partial charge in [-0.15, -0.1) is 0 Å². The highest BCUT2D eigenvalue weighted by molar-refractivity contribution is 5.22. The molecule has 0 aliphatic carbocycles. The van der Waals surface area contributed by atoms with Crippen molar-refractivity contribution in [3.8, 4) is 0 Å². The van der Waals surface area contributed by atoms with E-state index in [-0.39, 0.29) is 6.10 Å². The molecule has 2 fully saturated rings. The Morgan fingerprint density at radius 3 is 2.95 bits per heavy atom. The Balaban J connectivity index is 1.58. The number of benzene rings is 1. The summed E-state index contributed by atoms with van der Waals surface area (Å²) in [6, 6.07) is 8.99. The van der Waals surface area contributed by atoms with Gasteiger partial charge in [-0.05, 0) is 31.9 Å². The highest BCUT2D eigenvalue weighted by Gasteiger charge is 2.35. The van der Waals surface area contributed by atoms with Crippen LogP contribution in [0.2, 0.25) is 0 Å². The van der Waals surface area contributed by atoms with Crippen molar-refractivity contribution < 1.29 is 9.84 Å². The average molecular weight is 261 g/mol. The number of nitrogens with zero attached hydrogens (tertiary/aromatic N) is 1. The van der Waals surface area contributed by atoms with Crippen LogP contribution in [0.15, 0.2) is 24.3 Å². The first-order chi connectivity index (χ1) is 9.22. The van der Waals surface area contributed by atoms with E-state index in [1.54, 1.807) is 0 Å². The topological polar surface area (TPSA) is 32.7 Å². The average Bonchev–Trinajstić information content (AvgIpc) is 2.88. The molecule has 2 heterocycles. The number of rotatable bonds is 3. The van der Waals surface area contributed by atoms with Gasteiger partial charge in [-0.1, -0.05) is 29.8 Å². The summed E-state index contributed by atoms with van der Waals surface area (Å²) in [6.07, 6.45) is 2.78. The van der Waals surface area contributed by atoms with Crippen LogP contribution in [0.3, 0.4) is 0 Å². The van der Waals surface area contributed by atoms with Crippen LogP contribution in [-0.2, 0) is 11.2 Å². The standard InChI is InChI=1S/C16H23NO2/c1-12-4-6-13(7-5-12)9-15(18)16-10-17-8-2-3-14(17)11-19-16/h4-7,14-16,18H,2-3,8-11H2,1H3. The Morgan fingerprint density at radius 1 is 1.37 bits per heavy atom. The fourth-order valence-electron chi connectivity index (χ4n) is 3.17. The number of ether oxygens (including phenoxy) is 1. The molecule has 3 unspecified atom stereocenters. The summed E-state index contributed by atoms with van der Waals surface area (Å²) in [5, 5.41) is 10.4. The van der Waals surface area contributed by atoms with E-state index in [9.17, 15) is 5.11 Å². The number of aliphatic hydroxyl groups is 1. The van der Waals surface area contributed by atoms with E-state index in [0.717, 1.165) is 13.2 Å². The van der Waals surface area contributed by atoms with E-state index < -0.39 is 6.10 Å². The molecular formula is C16H23NO2. The largest absolute Gasteiger partial charge is 0.390 e. The number of hydrogen-bond acceptors (Lipinski definition) is 3. The van der Waals surface area contributed by atoms with Gasteiger partial charge in [0.15, 0.2) is 0 Å². The molecule has 2 aliphatic heterocycles. The highest BCUT2D eigenvalue weighted by atomic mass is 16.5. The van der Waals surface area contributed by atoms with E-state index in [1.807, 2.05) is 0 Å². The molecule has 0 aromatic heterocycles. The van der Waals surface area contributed by atoms with Crippen molar-refractivity contribution >= 4 is 0 Å². The van der Waals surface area contributed by atoms with Crippen molar-refractivity contribution in [1.29, 1.82) is 0 Å². The van der Waals surface area contributed by atoms with Crippen molar-refractivity contribution in [2.45, 2.75) is 44.4 Å². The van der Waals surface area contributed by atoms with Crippen LogP contribution in [0, 0.1) is 6.92 Å². The van der Waals surface area contributed by atoms with Crippen LogP contribution in [0.4, 0.5) is 0 Å². The lowest BCUT2D eigenvalue weighted by Gasteiger charge is -2.37. The van der Waals surface area contributed by atoms with Crippen LogP contribution >= 0.6 is 0 Å². The molecule has 19 heavy (non-hydrogen) atoms. The molecule has 3 rings (SSSR count). The number of aryl methyl sites for hydroxylation is 1. The summed E-state index contributed by atoms with van der Waals surface area (Å²) in [5.74, 6) is 0. The van der Waals surface area contributed by atoms with E-state index in [0.29, 0.717) is 12.5 Å². The Kier molecular flexibility index (Phi) is 3.87. The van der Waals surface area contributed by atoms with Crippen molar-refractivity contribution in [1.82, 2.24) is 4.90 Å². The van der Waals surface area contributed by atoms with Crippen molar-refractivity contribution in [2.75, 3.05) is 19.7 Å². The fraction of sp³-hybridized carbons (Fsp3) is 0.625. The Morgan fingerprint density at radius 2 is 2.16 bits per heavy atom. The van der Waals surface area contributed by atoms with Gasteiger partial charge in [0.25, 0.3) is 0 Å². The summed E-state index contributed by atoms with van der Waals surface area (Å²) >= 11 is 0. The van der Waals surface area contributed by atoms with Gasteiger partial charge in [0, 0.05) is 19.0 Å². The summed E-state index contributed by atoms with van der Waals surface area (Å²) in [4.78, 5) is 2.48. The zero-order chi connectivity index (χ0) is 13.2. The first-order valence-electron chi connectivity index (χ1n) is 7.31. The zero-order valence-corrected chi connectivity index (χ0v) is 11.6. The molecule has 2 saturated heterocycles. The van der Waals surface area contributed by atoms with Gasteiger partial charge in [0.2, 0.25) is 0 Å². The highest BCUT2D eigenvalue weighted by Crippen LogP contribution is 2.24. The lowest BCUT2D eigenvalue weighted by molar-refractivity contribution is -0.101. The van der Waals surface area contributed by atoms with E-state index in [1.165, 1.54) is 30.5 Å². The van der Waals surface area contributed by atoms with Crippen molar-refractivity contribution in [2.24, 2.45) is 0 Å². The molecule has 0 bridgehead atoms. The lowest BCUT2D eigenvalue weighted by atomic mass is 10.0. The van der Waals surface area contributed by atoms with E-state index in [2.05, 4.69) is 36.1 Å². The first kappa shape index (κ1) is 13.1. The predicted octanol–water partition coefficient (Wildman–Crippen LogP) is 1.76. The molecule has 0 spiro atoms. The van der Waals surface area contributed by atoms with Crippen LogP contribution in [-0.4, -0.2) is 48.0 Å². The molecule has 0 amide bonds. The van der Waals surface area contributed by atoms with Crippen LogP contribution in [0.1, 0.15) is 24.0 Å². The maximum atomic E-state index is 10.4. The Bertz CT molecular complexity index is 417. The SMILES string of the molecule is Cc1ccc(CC(O)C2CN3CCCC3CO2)cc1. The maximum absolute atomic E-state index is 10.4. The lowest BCUT2D eigenvalue weighted by Crippen LogP contribution is -2.50. The van der Waals surface area contributed by atoms with Gasteiger partial charge in [0.1, 0.15) is 0 Å². The number of aliphatic hydroxyl groups excluding tert-OH is 1. The third kappa shape index (κ3) is 2.99. The van der Waals surface area contributed by atoms with Gasteiger partial charge in [0.05, 0.1) is 18.8 Å². The molecule has 1 aromatic rings. The van der Waals surface area contributed by atoms with Crippen LogP contribution in [0.5, 0.6) is 0 Å². The second-order valence-electron chi connectivity index (χ2n) is 5.92. The third-order valence-electron chi connectivity index (χ3n) is 4.41. The normalized spacial score (nSPS) is 29.2. The zero-order valence-electron chi connectivity index (χ0n) is 11.6. The van der Waals surface area contributed by atoms with Crippen LogP contribution in [0.25, 0.3) is 0 Å². The monoisotopic (exact) mass is 261 g/mol. The number of fused-ring (bicyclic) bond motifs is 1. The van der Waals surface area contributed by atoms with Gasteiger partial charge < -0.3 is 9.84 Å². The molecule has 1 aromatic carbocycles. The number of hydrogen-bond donors (Lipinski definition) is 1. The second kappa shape index (κ2) is 5.61. The summed E-state index contributed by atoms with van der Waals surface area (Å²) in [7, 11) is 0. The van der Waals surface area contributed by atoms with Gasteiger partial charge in [-0.25, -0.2) is 0 Å². The first-order valence-corrected chi connectivity index (χ1v) is 7.31. The van der Waals surface area contributed by atoms with Crippen LogP contribution < -0.4 is 0 Å². The Labute approximate surface area is 115 Å². The second-order valence-corrected chi connectivity index (χ2v) is 5.92. The van der Waals surface area contributed by atoms with Gasteiger partial charge in [-0.2, -0.15) is 0 Å². The minimum atomic E-state index is -0.399. The Hall–Kier alpha value is -0.900. The fourth-order valence-corrected chi connectivity index (χ4v) is 3.17. The maximum Gasteiger partial charge on any atom is 0.0964 e. The third-order valence-corrected chi connectivity index (χ3v) is 4.41. The summed E-state index contributed by atoms with van der Waals surface area (Å²) < 4.78 is 5.86. The van der Waals surface area contributed by atoms with Gasteiger partial charge in [-0.3, -0.25) is 4.90 Å². The smallest absolute Gasteiger partial charge is 0.0964 e. The molecule has 1 N–H and O–H groups in total. The van der Waals surface area contributed by atoms with Crippen molar-refractivity contribution in [3.63, 3.8) is 0 Å². The number of morpholine rings is 1. The molecule has 3 atom stereocenters. The quantitative estimate of drug-likeness (QED) is 0.900. The molecule has 2 aliphatic rings. The summed E-state index contributed by atoms with van der Waals surface area (Å²) in [6.45, 7) is 4.92. The predicted molar refractivity (Wildman–Crippen MR) is 75.2 cm³/mol. The molecule has 104 valence electrons. The van der Waals surface area contributed by atoms with E-state index in [4.69, 9.17) is 4.74 Å². The van der Waals surface area contributed by atoms with Crippen molar-refractivity contribution in [3.05, 3.63) is 35.4 Å². The summed E-state index contributed by atoms with van der Waals surface area (Å²) in [5.41, 5.74) is 2.44. The van der Waals surface area contributed by atoms with E-state index >= 15 is 0 Å². The molecule has 3 nitrogen and oxygen atoms in total.